The number of carboxylic acid groups (broad SMARTS) is 2. The van der Waals surface area contributed by atoms with Crippen molar-refractivity contribution in [3.8, 4) is 0 Å². The Hall–Kier alpha value is -2.17. The molecule has 0 aromatic heterocycles. The molecule has 6 N–H and O–H groups in total. The molecule has 0 aromatic carbocycles. The van der Waals surface area contributed by atoms with E-state index in [0.29, 0.717) is 0 Å². The van der Waals surface area contributed by atoms with Crippen LogP contribution >= 0.6 is 0 Å². The highest BCUT2D eigenvalue weighted by molar-refractivity contribution is 6.01. The zero-order chi connectivity index (χ0) is 18.5. The molecule has 10 nitrogen and oxygen atoms in total. The SMILES string of the molecule is COC1=C(N[C@@H](C(=O)O)[C@H](C)O)C[C@@](O)(CO)CC1=NCC(=O)O. The highest BCUT2D eigenvalue weighted by Gasteiger charge is 2.39. The summed E-state index contributed by atoms with van der Waals surface area (Å²) < 4.78 is 5.17. The summed E-state index contributed by atoms with van der Waals surface area (Å²) >= 11 is 0. The molecule has 0 saturated carbocycles. The van der Waals surface area contributed by atoms with Gasteiger partial charge in [0.25, 0.3) is 0 Å². The molecule has 0 aromatic rings. The second kappa shape index (κ2) is 8.08. The lowest BCUT2D eigenvalue weighted by Gasteiger charge is -2.35. The molecule has 0 bridgehead atoms. The summed E-state index contributed by atoms with van der Waals surface area (Å²) in [5, 5.41) is 49.8. The van der Waals surface area contributed by atoms with Gasteiger partial charge in [-0.15, -0.1) is 0 Å². The van der Waals surface area contributed by atoms with Gasteiger partial charge in [-0.3, -0.25) is 9.79 Å². The van der Waals surface area contributed by atoms with Crippen LogP contribution in [-0.4, -0.2) is 81.2 Å². The highest BCUT2D eigenvalue weighted by Crippen LogP contribution is 2.30. The fourth-order valence-electron chi connectivity index (χ4n) is 2.37. The quantitative estimate of drug-likeness (QED) is 0.300. The van der Waals surface area contributed by atoms with E-state index in [-0.39, 0.29) is 30.0 Å². The molecule has 136 valence electrons. The van der Waals surface area contributed by atoms with Crippen molar-refractivity contribution >= 4 is 17.7 Å². The van der Waals surface area contributed by atoms with Crippen molar-refractivity contribution in [2.24, 2.45) is 4.99 Å². The van der Waals surface area contributed by atoms with Gasteiger partial charge in [0.05, 0.1) is 36.8 Å². The maximum atomic E-state index is 11.2. The first-order valence-corrected chi connectivity index (χ1v) is 7.17. The van der Waals surface area contributed by atoms with Gasteiger partial charge in [0.15, 0.2) is 11.8 Å². The number of rotatable bonds is 8. The minimum Gasteiger partial charge on any atom is -0.493 e. The summed E-state index contributed by atoms with van der Waals surface area (Å²) in [6.45, 7) is 0.0583. The molecule has 0 heterocycles. The monoisotopic (exact) mass is 346 g/mol. The summed E-state index contributed by atoms with van der Waals surface area (Å²) in [5.74, 6) is -2.44. The number of aliphatic imine (C=N–C) groups is 1. The molecular weight excluding hydrogens is 324 g/mol. The molecule has 1 aliphatic rings. The van der Waals surface area contributed by atoms with Crippen LogP contribution in [0.1, 0.15) is 19.8 Å². The van der Waals surface area contributed by atoms with Gasteiger partial charge < -0.3 is 35.6 Å². The third-order valence-electron chi connectivity index (χ3n) is 3.52. The topological polar surface area (TPSA) is 169 Å². The van der Waals surface area contributed by atoms with E-state index in [0.717, 1.165) is 0 Å². The van der Waals surface area contributed by atoms with Crippen LogP contribution in [0.25, 0.3) is 0 Å². The Kier molecular flexibility index (Phi) is 6.70. The average Bonchev–Trinajstić information content (AvgIpc) is 2.49. The van der Waals surface area contributed by atoms with Crippen LogP contribution in [0.15, 0.2) is 16.4 Å². The maximum absolute atomic E-state index is 11.2. The predicted molar refractivity (Wildman–Crippen MR) is 81.5 cm³/mol. The first kappa shape index (κ1) is 19.9. The largest absolute Gasteiger partial charge is 0.493 e. The Labute approximate surface area is 138 Å². The first-order chi connectivity index (χ1) is 11.1. The number of allylic oxidation sites excluding steroid dienone is 1. The number of hydrogen-bond donors (Lipinski definition) is 6. The number of nitrogens with one attached hydrogen (secondary N) is 1. The molecule has 10 heteroatoms. The summed E-state index contributed by atoms with van der Waals surface area (Å²) in [7, 11) is 1.29. The fraction of sp³-hybridized carbons (Fsp3) is 0.643. The minimum absolute atomic E-state index is 0.0833. The Bertz CT molecular complexity index is 557. The third-order valence-corrected chi connectivity index (χ3v) is 3.52. The zero-order valence-electron chi connectivity index (χ0n) is 13.4. The number of aliphatic hydroxyl groups is 3. The van der Waals surface area contributed by atoms with E-state index in [4.69, 9.17) is 14.9 Å². The van der Waals surface area contributed by atoms with Crippen molar-refractivity contribution in [2.45, 2.75) is 37.5 Å². The lowest BCUT2D eigenvalue weighted by Crippen LogP contribution is -2.49. The second-order valence-corrected chi connectivity index (χ2v) is 5.61. The summed E-state index contributed by atoms with van der Waals surface area (Å²) in [6, 6.07) is -1.38. The van der Waals surface area contributed by atoms with Gasteiger partial charge in [-0.05, 0) is 6.92 Å². The smallest absolute Gasteiger partial charge is 0.328 e. The van der Waals surface area contributed by atoms with Crippen LogP contribution in [0, 0.1) is 0 Å². The molecule has 1 aliphatic carbocycles. The van der Waals surface area contributed by atoms with E-state index >= 15 is 0 Å². The third kappa shape index (κ3) is 4.91. The molecule has 24 heavy (non-hydrogen) atoms. The van der Waals surface area contributed by atoms with Crippen LogP contribution in [0.2, 0.25) is 0 Å². The van der Waals surface area contributed by atoms with Crippen LogP contribution in [0.5, 0.6) is 0 Å². The normalized spacial score (nSPS) is 25.3. The Morgan fingerprint density at radius 1 is 1.38 bits per heavy atom. The number of methoxy groups -OCH3 is 1. The molecule has 0 fully saturated rings. The van der Waals surface area contributed by atoms with Crippen LogP contribution in [-0.2, 0) is 14.3 Å². The molecule has 0 aliphatic heterocycles. The van der Waals surface area contributed by atoms with E-state index in [1.54, 1.807) is 0 Å². The standard InChI is InChI=1S/C14H22N2O8/c1-7(18)11(13(21)22)16-9-4-14(23,6-17)3-8(12(9)24-2)15-5-10(19)20/h7,11,16-18,23H,3-6H2,1-2H3,(H,19,20)(H,21,22)/t7-,11+,14+/m0/s1. The molecule has 3 atom stereocenters. The molecule has 0 radical (unpaired) electrons. The Morgan fingerprint density at radius 3 is 2.42 bits per heavy atom. The number of hydrogen-bond acceptors (Lipinski definition) is 8. The minimum atomic E-state index is -1.65. The molecular formula is C14H22N2O8. The van der Waals surface area contributed by atoms with E-state index < -0.39 is 42.8 Å². The maximum Gasteiger partial charge on any atom is 0.328 e. The predicted octanol–water partition coefficient (Wildman–Crippen LogP) is -1.69. The van der Waals surface area contributed by atoms with Crippen molar-refractivity contribution < 1.29 is 39.9 Å². The van der Waals surface area contributed by atoms with Gasteiger partial charge in [0, 0.05) is 12.8 Å². The number of nitrogens with zero attached hydrogens (tertiary/aromatic N) is 1. The molecule has 0 amide bonds. The summed E-state index contributed by atoms with van der Waals surface area (Å²) in [6.07, 6.45) is -1.58. The molecule has 1 rings (SSSR count). The van der Waals surface area contributed by atoms with Crippen LogP contribution in [0.4, 0.5) is 0 Å². The summed E-state index contributed by atoms with van der Waals surface area (Å²) in [4.78, 5) is 25.8. The van der Waals surface area contributed by atoms with Crippen LogP contribution in [0.3, 0.4) is 0 Å². The van der Waals surface area contributed by atoms with Crippen molar-refractivity contribution in [3.63, 3.8) is 0 Å². The number of carboxylic acids is 2. The van der Waals surface area contributed by atoms with E-state index in [2.05, 4.69) is 10.3 Å². The van der Waals surface area contributed by atoms with Gasteiger partial charge in [0.1, 0.15) is 6.54 Å². The van der Waals surface area contributed by atoms with Crippen molar-refractivity contribution in [1.29, 1.82) is 0 Å². The lowest BCUT2D eigenvalue weighted by atomic mass is 9.85. The number of aliphatic carboxylic acids is 2. The van der Waals surface area contributed by atoms with Crippen molar-refractivity contribution in [1.82, 2.24) is 5.32 Å². The van der Waals surface area contributed by atoms with Crippen molar-refractivity contribution in [2.75, 3.05) is 20.3 Å². The lowest BCUT2D eigenvalue weighted by molar-refractivity contribution is -0.142. The average molecular weight is 346 g/mol. The second-order valence-electron chi connectivity index (χ2n) is 5.61. The van der Waals surface area contributed by atoms with Gasteiger partial charge in [0.2, 0.25) is 0 Å². The zero-order valence-corrected chi connectivity index (χ0v) is 13.4. The van der Waals surface area contributed by atoms with Gasteiger partial charge in [-0.2, -0.15) is 0 Å². The fourth-order valence-corrected chi connectivity index (χ4v) is 2.37. The molecule has 0 spiro atoms. The Balaban J connectivity index is 3.29. The number of aliphatic hydroxyl groups excluding tert-OH is 2. The van der Waals surface area contributed by atoms with Crippen LogP contribution < -0.4 is 5.32 Å². The first-order valence-electron chi connectivity index (χ1n) is 7.17. The molecule has 0 saturated heterocycles. The molecule has 0 unspecified atom stereocenters. The summed E-state index contributed by atoms with van der Waals surface area (Å²) in [5.41, 5.74) is -1.46. The van der Waals surface area contributed by atoms with Gasteiger partial charge in [-0.25, -0.2) is 4.79 Å². The van der Waals surface area contributed by atoms with E-state index in [9.17, 15) is 24.9 Å². The van der Waals surface area contributed by atoms with Gasteiger partial charge in [-0.1, -0.05) is 0 Å². The van der Waals surface area contributed by atoms with E-state index in [1.165, 1.54) is 14.0 Å². The number of ether oxygens (including phenoxy) is 1. The Morgan fingerprint density at radius 2 is 2.00 bits per heavy atom. The van der Waals surface area contributed by atoms with E-state index in [1.807, 2.05) is 0 Å². The highest BCUT2D eigenvalue weighted by atomic mass is 16.5. The van der Waals surface area contributed by atoms with Gasteiger partial charge >= 0.3 is 11.9 Å². The van der Waals surface area contributed by atoms with Crippen molar-refractivity contribution in [3.05, 3.63) is 11.5 Å². The number of carbonyl (C=O) groups is 2.